The van der Waals surface area contributed by atoms with Crippen LogP contribution in [0.25, 0.3) is 0 Å². The lowest BCUT2D eigenvalue weighted by Crippen LogP contribution is -2.22. The Labute approximate surface area is 92.8 Å². The van der Waals surface area contributed by atoms with Gasteiger partial charge in [-0.25, -0.2) is 0 Å². The molecular formula is C14H19O. The van der Waals surface area contributed by atoms with Gasteiger partial charge in [0.05, 0.1) is 0 Å². The van der Waals surface area contributed by atoms with E-state index < -0.39 is 0 Å². The van der Waals surface area contributed by atoms with Crippen LogP contribution in [-0.4, -0.2) is 5.60 Å². The lowest BCUT2D eigenvalue weighted by atomic mass is 10.1. The van der Waals surface area contributed by atoms with Gasteiger partial charge in [0, 0.05) is 0 Å². The number of hydrogen-bond donors (Lipinski definition) is 0. The Balaban J connectivity index is 2.74. The molecule has 15 heavy (non-hydrogen) atoms. The minimum atomic E-state index is -0.138. The Bertz CT molecular complexity index is 331. The van der Waals surface area contributed by atoms with E-state index in [0.717, 1.165) is 12.2 Å². The van der Waals surface area contributed by atoms with Crippen molar-refractivity contribution in [2.24, 2.45) is 0 Å². The molecule has 0 saturated heterocycles. The topological polar surface area (TPSA) is 9.23 Å². The summed E-state index contributed by atoms with van der Waals surface area (Å²) < 4.78 is 5.78. The first-order valence-electron chi connectivity index (χ1n) is 5.23. The first-order chi connectivity index (χ1) is 7.01. The minimum Gasteiger partial charge on any atom is -0.488 e. The van der Waals surface area contributed by atoms with Crippen molar-refractivity contribution in [1.82, 2.24) is 0 Å². The zero-order chi connectivity index (χ0) is 11.3. The maximum absolute atomic E-state index is 5.78. The minimum absolute atomic E-state index is 0.138. The zero-order valence-corrected chi connectivity index (χ0v) is 9.79. The monoisotopic (exact) mass is 203 g/mol. The van der Waals surface area contributed by atoms with Crippen molar-refractivity contribution in [1.29, 1.82) is 0 Å². The molecule has 0 unspecified atom stereocenters. The molecule has 1 aromatic carbocycles. The molecule has 0 saturated carbocycles. The van der Waals surface area contributed by atoms with Crippen molar-refractivity contribution in [2.45, 2.75) is 32.8 Å². The third-order valence-electron chi connectivity index (χ3n) is 1.84. The van der Waals surface area contributed by atoms with Gasteiger partial charge in [0.15, 0.2) is 0 Å². The van der Waals surface area contributed by atoms with Crippen LogP contribution in [0.15, 0.2) is 36.4 Å². The summed E-state index contributed by atoms with van der Waals surface area (Å²) in [6.07, 6.45) is 4.76. The molecule has 1 heteroatoms. The molecule has 81 valence electrons. The van der Waals surface area contributed by atoms with Gasteiger partial charge >= 0.3 is 0 Å². The second-order valence-electron chi connectivity index (χ2n) is 4.54. The molecule has 0 spiro atoms. The van der Waals surface area contributed by atoms with E-state index in [4.69, 9.17) is 4.74 Å². The predicted molar refractivity (Wildman–Crippen MR) is 65.0 cm³/mol. The van der Waals surface area contributed by atoms with Gasteiger partial charge < -0.3 is 4.74 Å². The smallest absolute Gasteiger partial charge is 0.120 e. The van der Waals surface area contributed by atoms with Crippen LogP contribution < -0.4 is 4.74 Å². The molecule has 0 N–H and O–H groups in total. The number of benzene rings is 1. The lowest BCUT2D eigenvalue weighted by molar-refractivity contribution is 0.131. The highest BCUT2D eigenvalue weighted by atomic mass is 16.5. The third-order valence-corrected chi connectivity index (χ3v) is 1.84. The Morgan fingerprint density at radius 3 is 2.67 bits per heavy atom. The van der Waals surface area contributed by atoms with Crippen LogP contribution in [0.4, 0.5) is 0 Å². The Kier molecular flexibility index (Phi) is 3.96. The Morgan fingerprint density at radius 1 is 1.33 bits per heavy atom. The average Bonchev–Trinajstić information content (AvgIpc) is 2.12. The van der Waals surface area contributed by atoms with Crippen LogP contribution in [-0.2, 0) is 6.42 Å². The number of rotatable bonds is 3. The van der Waals surface area contributed by atoms with E-state index >= 15 is 0 Å². The number of allylic oxidation sites excluding steroid dienone is 2. The maximum atomic E-state index is 5.78. The molecule has 0 bridgehead atoms. The molecule has 1 aromatic rings. The summed E-state index contributed by atoms with van der Waals surface area (Å²) in [6.45, 7) is 9.82. The van der Waals surface area contributed by atoms with Crippen LogP contribution >= 0.6 is 0 Å². The van der Waals surface area contributed by atoms with Crippen molar-refractivity contribution in [3.05, 3.63) is 48.9 Å². The van der Waals surface area contributed by atoms with E-state index in [2.05, 4.69) is 39.8 Å². The fraction of sp³-hybridized carbons (Fsp3) is 0.357. The van der Waals surface area contributed by atoms with Crippen LogP contribution in [0.1, 0.15) is 26.3 Å². The maximum Gasteiger partial charge on any atom is 0.120 e. The van der Waals surface area contributed by atoms with Gasteiger partial charge in [-0.1, -0.05) is 24.3 Å². The van der Waals surface area contributed by atoms with Crippen molar-refractivity contribution in [3.63, 3.8) is 0 Å². The van der Waals surface area contributed by atoms with Crippen LogP contribution in [0.3, 0.4) is 0 Å². The SMILES string of the molecule is [CH2]C=CCc1cccc(OC(C)(C)C)c1. The normalized spacial score (nSPS) is 12.0. The highest BCUT2D eigenvalue weighted by molar-refractivity contribution is 5.30. The highest BCUT2D eigenvalue weighted by Crippen LogP contribution is 2.19. The Hall–Kier alpha value is -1.24. The highest BCUT2D eigenvalue weighted by Gasteiger charge is 2.11. The van der Waals surface area contributed by atoms with Crippen molar-refractivity contribution < 1.29 is 4.74 Å². The summed E-state index contributed by atoms with van der Waals surface area (Å²) in [5, 5.41) is 0. The van der Waals surface area contributed by atoms with E-state index in [1.165, 1.54) is 5.56 Å². The van der Waals surface area contributed by atoms with Crippen molar-refractivity contribution >= 4 is 0 Å². The molecule has 0 atom stereocenters. The molecule has 1 radical (unpaired) electrons. The van der Waals surface area contributed by atoms with Gasteiger partial charge in [0.1, 0.15) is 11.4 Å². The lowest BCUT2D eigenvalue weighted by Gasteiger charge is -2.21. The molecule has 1 nitrogen and oxygen atoms in total. The standard InChI is InChI=1S/C14H19O/c1-5-6-8-12-9-7-10-13(11-12)15-14(2,3)4/h5-7,9-11H,1,8H2,2-4H3. The van der Waals surface area contributed by atoms with Crippen LogP contribution in [0.5, 0.6) is 5.75 Å². The quantitative estimate of drug-likeness (QED) is 0.726. The molecule has 0 fully saturated rings. The van der Waals surface area contributed by atoms with E-state index in [0.29, 0.717) is 0 Å². The van der Waals surface area contributed by atoms with E-state index in [1.54, 1.807) is 0 Å². The molecular weight excluding hydrogens is 184 g/mol. The van der Waals surface area contributed by atoms with Crippen molar-refractivity contribution in [3.8, 4) is 5.75 Å². The Morgan fingerprint density at radius 2 is 2.07 bits per heavy atom. The molecule has 0 aliphatic carbocycles. The summed E-state index contributed by atoms with van der Waals surface area (Å²) in [7, 11) is 0. The van der Waals surface area contributed by atoms with Gasteiger partial charge in [-0.15, -0.1) is 0 Å². The molecule has 0 amide bonds. The fourth-order valence-electron chi connectivity index (χ4n) is 1.31. The second-order valence-corrected chi connectivity index (χ2v) is 4.54. The second kappa shape index (κ2) is 5.01. The predicted octanol–water partition coefficient (Wildman–Crippen LogP) is 3.80. The van der Waals surface area contributed by atoms with E-state index in [9.17, 15) is 0 Å². The fourth-order valence-corrected chi connectivity index (χ4v) is 1.31. The van der Waals surface area contributed by atoms with Gasteiger partial charge in [-0.05, 0) is 51.8 Å². The first-order valence-corrected chi connectivity index (χ1v) is 5.23. The largest absolute Gasteiger partial charge is 0.488 e. The summed E-state index contributed by atoms with van der Waals surface area (Å²) >= 11 is 0. The van der Waals surface area contributed by atoms with Gasteiger partial charge in [0.2, 0.25) is 0 Å². The molecule has 0 heterocycles. The average molecular weight is 203 g/mol. The van der Waals surface area contributed by atoms with E-state index in [1.807, 2.05) is 24.3 Å². The third kappa shape index (κ3) is 4.68. The van der Waals surface area contributed by atoms with Gasteiger partial charge in [-0.2, -0.15) is 0 Å². The molecule has 0 aliphatic heterocycles. The summed E-state index contributed by atoms with van der Waals surface area (Å²) in [5.41, 5.74) is 1.11. The molecule has 1 rings (SSSR count). The van der Waals surface area contributed by atoms with Crippen LogP contribution in [0.2, 0.25) is 0 Å². The summed E-state index contributed by atoms with van der Waals surface area (Å²) in [5.74, 6) is 0.928. The summed E-state index contributed by atoms with van der Waals surface area (Å²) in [4.78, 5) is 0. The zero-order valence-electron chi connectivity index (χ0n) is 9.79. The van der Waals surface area contributed by atoms with Gasteiger partial charge in [-0.3, -0.25) is 0 Å². The summed E-state index contributed by atoms with van der Waals surface area (Å²) in [6, 6.07) is 8.18. The van der Waals surface area contributed by atoms with Gasteiger partial charge in [0.25, 0.3) is 0 Å². The van der Waals surface area contributed by atoms with Crippen LogP contribution in [0, 0.1) is 6.92 Å². The molecule has 0 aromatic heterocycles. The first kappa shape index (κ1) is 11.8. The molecule has 0 aliphatic rings. The number of ether oxygens (including phenoxy) is 1. The van der Waals surface area contributed by atoms with E-state index in [-0.39, 0.29) is 5.60 Å². The number of hydrogen-bond acceptors (Lipinski definition) is 1. The van der Waals surface area contributed by atoms with Crippen molar-refractivity contribution in [2.75, 3.05) is 0 Å².